The van der Waals surface area contributed by atoms with Gasteiger partial charge in [0.25, 0.3) is 0 Å². The molecule has 1 fully saturated rings. The zero-order valence-electron chi connectivity index (χ0n) is 12.7. The summed E-state index contributed by atoms with van der Waals surface area (Å²) in [6.07, 6.45) is 3.49. The van der Waals surface area contributed by atoms with Gasteiger partial charge >= 0.3 is 12.0 Å². The van der Waals surface area contributed by atoms with Gasteiger partial charge in [0.05, 0.1) is 11.6 Å². The van der Waals surface area contributed by atoms with E-state index in [1.807, 2.05) is 6.07 Å². The second kappa shape index (κ2) is 5.75. The molecular formula is C16H17N3O4. The van der Waals surface area contributed by atoms with Crippen molar-refractivity contribution < 1.29 is 19.1 Å². The van der Waals surface area contributed by atoms with E-state index in [9.17, 15) is 14.7 Å². The van der Waals surface area contributed by atoms with Gasteiger partial charge < -0.3 is 19.7 Å². The first-order valence-corrected chi connectivity index (χ1v) is 7.27. The second-order valence-electron chi connectivity index (χ2n) is 5.89. The molecule has 1 unspecified atom stereocenters. The molecule has 1 aliphatic heterocycles. The molecule has 0 aliphatic carbocycles. The lowest BCUT2D eigenvalue weighted by atomic mass is 9.90. The summed E-state index contributed by atoms with van der Waals surface area (Å²) in [5.74, 6) is -0.403. The monoisotopic (exact) mass is 315 g/mol. The van der Waals surface area contributed by atoms with Crippen LogP contribution in [-0.2, 0) is 4.79 Å². The molecule has 7 nitrogen and oxygen atoms in total. The number of aromatic nitrogens is 1. The van der Waals surface area contributed by atoms with Crippen molar-refractivity contribution in [2.45, 2.75) is 13.3 Å². The molecule has 2 aromatic rings. The van der Waals surface area contributed by atoms with Gasteiger partial charge in [-0.15, -0.1) is 0 Å². The third-order valence-corrected chi connectivity index (χ3v) is 4.07. The molecule has 1 atom stereocenters. The van der Waals surface area contributed by atoms with Crippen molar-refractivity contribution in [2.75, 3.05) is 18.4 Å². The number of oxazole rings is 1. The molecule has 2 amide bonds. The van der Waals surface area contributed by atoms with E-state index in [-0.39, 0.29) is 12.6 Å². The maximum atomic E-state index is 12.3. The van der Waals surface area contributed by atoms with Crippen molar-refractivity contribution in [1.29, 1.82) is 0 Å². The van der Waals surface area contributed by atoms with Crippen LogP contribution in [0.1, 0.15) is 13.3 Å². The first-order chi connectivity index (χ1) is 11.0. The third-order valence-electron chi connectivity index (χ3n) is 4.07. The molecule has 3 rings (SSSR count). The highest BCUT2D eigenvalue weighted by molar-refractivity contribution is 5.91. The number of hydrogen-bond donors (Lipinski definition) is 2. The van der Waals surface area contributed by atoms with Crippen LogP contribution in [0.5, 0.6) is 0 Å². The van der Waals surface area contributed by atoms with E-state index in [4.69, 9.17) is 4.42 Å². The summed E-state index contributed by atoms with van der Waals surface area (Å²) in [4.78, 5) is 29.1. The van der Waals surface area contributed by atoms with Crippen LogP contribution in [0.4, 0.5) is 10.5 Å². The molecule has 120 valence electrons. The van der Waals surface area contributed by atoms with Gasteiger partial charge in [-0.1, -0.05) is 6.07 Å². The van der Waals surface area contributed by atoms with Crippen LogP contribution in [0, 0.1) is 5.41 Å². The summed E-state index contributed by atoms with van der Waals surface area (Å²) in [5, 5.41) is 12.0. The van der Waals surface area contributed by atoms with Crippen molar-refractivity contribution in [1.82, 2.24) is 9.88 Å². The van der Waals surface area contributed by atoms with Gasteiger partial charge in [0.15, 0.2) is 0 Å². The molecule has 0 saturated carbocycles. The Bertz CT molecular complexity index is 729. The number of rotatable bonds is 3. The smallest absolute Gasteiger partial charge is 0.321 e. The van der Waals surface area contributed by atoms with Crippen LogP contribution in [-0.4, -0.2) is 40.1 Å². The highest BCUT2D eigenvalue weighted by atomic mass is 16.4. The lowest BCUT2D eigenvalue weighted by molar-refractivity contribution is -0.146. The van der Waals surface area contributed by atoms with Gasteiger partial charge in [-0.25, -0.2) is 9.78 Å². The van der Waals surface area contributed by atoms with E-state index in [0.29, 0.717) is 24.5 Å². The van der Waals surface area contributed by atoms with E-state index < -0.39 is 11.4 Å². The van der Waals surface area contributed by atoms with E-state index >= 15 is 0 Å². The predicted octanol–water partition coefficient (Wildman–Crippen LogP) is 2.67. The predicted molar refractivity (Wildman–Crippen MR) is 82.9 cm³/mol. The average Bonchev–Trinajstić information content (AvgIpc) is 3.17. The Morgan fingerprint density at radius 1 is 1.43 bits per heavy atom. The Morgan fingerprint density at radius 3 is 2.91 bits per heavy atom. The molecule has 1 aliphatic rings. The number of likely N-dealkylation sites (tertiary alicyclic amines) is 1. The fourth-order valence-electron chi connectivity index (χ4n) is 2.61. The van der Waals surface area contributed by atoms with Crippen molar-refractivity contribution >= 4 is 17.7 Å². The number of aliphatic carboxylic acids is 1. The number of anilines is 1. The number of amides is 2. The molecule has 2 N–H and O–H groups in total. The Hall–Kier alpha value is -2.83. The second-order valence-corrected chi connectivity index (χ2v) is 5.89. The number of benzene rings is 1. The number of nitrogens with one attached hydrogen (secondary N) is 1. The van der Waals surface area contributed by atoms with Crippen LogP contribution in [0.2, 0.25) is 0 Å². The molecule has 7 heteroatoms. The van der Waals surface area contributed by atoms with E-state index in [1.165, 1.54) is 11.2 Å². The van der Waals surface area contributed by atoms with E-state index in [0.717, 1.165) is 5.56 Å². The van der Waals surface area contributed by atoms with E-state index in [1.54, 1.807) is 31.3 Å². The summed E-state index contributed by atoms with van der Waals surface area (Å²) in [7, 11) is 0. The fraction of sp³-hybridized carbons (Fsp3) is 0.312. The zero-order chi connectivity index (χ0) is 16.4. The topological polar surface area (TPSA) is 95.7 Å². The number of hydrogen-bond acceptors (Lipinski definition) is 4. The number of carboxylic acids is 1. The summed E-state index contributed by atoms with van der Waals surface area (Å²) < 4.78 is 5.23. The minimum absolute atomic E-state index is 0.202. The van der Waals surface area contributed by atoms with Gasteiger partial charge in [0, 0.05) is 24.3 Å². The molecule has 1 aromatic heterocycles. The van der Waals surface area contributed by atoms with Gasteiger partial charge in [-0.05, 0) is 31.5 Å². The Morgan fingerprint density at radius 2 is 2.26 bits per heavy atom. The number of carboxylic acid groups (broad SMARTS) is 1. The van der Waals surface area contributed by atoms with Gasteiger partial charge in [0.2, 0.25) is 5.89 Å². The Labute approximate surface area is 132 Å². The lowest BCUT2D eigenvalue weighted by Crippen LogP contribution is -2.37. The summed E-state index contributed by atoms with van der Waals surface area (Å²) in [6, 6.07) is 6.84. The first-order valence-electron chi connectivity index (χ1n) is 7.27. The number of carbonyl (C=O) groups excluding carboxylic acids is 1. The van der Waals surface area contributed by atoms with E-state index in [2.05, 4.69) is 10.3 Å². The largest absolute Gasteiger partial charge is 0.481 e. The van der Waals surface area contributed by atoms with Crippen LogP contribution >= 0.6 is 0 Å². The van der Waals surface area contributed by atoms with Crippen LogP contribution in [0.25, 0.3) is 11.5 Å². The van der Waals surface area contributed by atoms with Crippen LogP contribution in [0.3, 0.4) is 0 Å². The average molecular weight is 315 g/mol. The van der Waals surface area contributed by atoms with Crippen molar-refractivity contribution in [2.24, 2.45) is 5.41 Å². The summed E-state index contributed by atoms with van der Waals surface area (Å²) in [6.45, 7) is 2.29. The van der Waals surface area contributed by atoms with Gasteiger partial charge in [-0.2, -0.15) is 0 Å². The van der Waals surface area contributed by atoms with Crippen molar-refractivity contribution in [3.8, 4) is 11.5 Å². The van der Waals surface area contributed by atoms with Crippen LogP contribution < -0.4 is 5.32 Å². The van der Waals surface area contributed by atoms with Crippen molar-refractivity contribution in [3.63, 3.8) is 0 Å². The highest BCUT2D eigenvalue weighted by Gasteiger charge is 2.42. The minimum Gasteiger partial charge on any atom is -0.481 e. The minimum atomic E-state index is -0.878. The molecule has 2 heterocycles. The van der Waals surface area contributed by atoms with Crippen LogP contribution in [0.15, 0.2) is 41.1 Å². The zero-order valence-corrected chi connectivity index (χ0v) is 12.7. The Kier molecular flexibility index (Phi) is 3.77. The normalized spacial score (nSPS) is 20.5. The Balaban J connectivity index is 1.69. The number of urea groups is 1. The molecule has 0 spiro atoms. The SMILES string of the molecule is CC1(C(=O)O)CCN(C(=O)Nc2cccc(-c3ncco3)c2)C1. The standard InChI is InChI=1S/C16H17N3O4/c1-16(14(20)21)5-7-19(10-16)15(22)18-12-4-2-3-11(9-12)13-17-6-8-23-13/h2-4,6,8-9H,5,7,10H2,1H3,(H,18,22)(H,20,21). The maximum Gasteiger partial charge on any atom is 0.321 e. The van der Waals surface area contributed by atoms with Gasteiger partial charge in [0.1, 0.15) is 6.26 Å². The summed E-state index contributed by atoms with van der Waals surface area (Å²) in [5.41, 5.74) is 0.483. The molecule has 0 radical (unpaired) electrons. The number of nitrogens with zero attached hydrogens (tertiary/aromatic N) is 2. The summed E-state index contributed by atoms with van der Waals surface area (Å²) >= 11 is 0. The molecule has 1 aromatic carbocycles. The lowest BCUT2D eigenvalue weighted by Gasteiger charge is -2.20. The highest BCUT2D eigenvalue weighted by Crippen LogP contribution is 2.30. The quantitative estimate of drug-likeness (QED) is 0.908. The third kappa shape index (κ3) is 3.03. The molecule has 23 heavy (non-hydrogen) atoms. The van der Waals surface area contributed by atoms with Gasteiger partial charge in [-0.3, -0.25) is 4.79 Å². The molecular weight excluding hydrogens is 298 g/mol. The molecule has 0 bridgehead atoms. The first kappa shape index (κ1) is 15.1. The fourth-order valence-corrected chi connectivity index (χ4v) is 2.61. The molecule has 1 saturated heterocycles. The van der Waals surface area contributed by atoms with Crippen molar-refractivity contribution in [3.05, 3.63) is 36.7 Å². The maximum absolute atomic E-state index is 12.3. The number of carbonyl (C=O) groups is 2.